The van der Waals surface area contributed by atoms with Gasteiger partial charge in [0.25, 0.3) is 11.1 Å². The normalized spacial score (nSPS) is 16.0. The van der Waals surface area contributed by atoms with Gasteiger partial charge in [-0.1, -0.05) is 24.3 Å². The van der Waals surface area contributed by atoms with Crippen LogP contribution in [0.15, 0.2) is 48.5 Å². The summed E-state index contributed by atoms with van der Waals surface area (Å²) in [6.07, 6.45) is 0. The van der Waals surface area contributed by atoms with E-state index in [0.717, 1.165) is 16.7 Å². The highest BCUT2D eigenvalue weighted by molar-refractivity contribution is 8.15. The van der Waals surface area contributed by atoms with Crippen LogP contribution in [0.25, 0.3) is 0 Å². The first kappa shape index (κ1) is 20.4. The molecular weight excluding hydrogens is 396 g/mol. The number of imide groups is 1. The highest BCUT2D eigenvalue weighted by atomic mass is 32.2. The summed E-state index contributed by atoms with van der Waals surface area (Å²) in [4.78, 5) is 48.5. The van der Waals surface area contributed by atoms with E-state index in [4.69, 9.17) is 4.74 Å². The number of thioether (sulfide) groups is 1. The van der Waals surface area contributed by atoms with Gasteiger partial charge in [-0.05, 0) is 54.1 Å². The van der Waals surface area contributed by atoms with E-state index < -0.39 is 28.5 Å². The molecule has 3 rings (SSSR count). The Morgan fingerprint density at radius 2 is 1.69 bits per heavy atom. The number of aromatic carboxylic acids is 1. The molecule has 150 valence electrons. The highest BCUT2D eigenvalue weighted by Gasteiger charge is 2.39. The standard InChI is InChI=1S/C20H18N2O6S/c1-2-28-19(26)14-5-3-12(4-6-14)11-22-17(23)16(29-20(22)27)21-15-9-7-13(8-10-15)18(24)25/h3-10,16,21H,2,11H2,1H3,(H,24,25)/p-1/t16-/m0/s1. The number of anilines is 1. The van der Waals surface area contributed by atoms with Crippen LogP contribution in [0, 0.1) is 0 Å². The minimum atomic E-state index is -1.29. The molecule has 1 heterocycles. The Morgan fingerprint density at radius 1 is 1.07 bits per heavy atom. The molecule has 0 aromatic heterocycles. The summed E-state index contributed by atoms with van der Waals surface area (Å²) < 4.78 is 4.92. The van der Waals surface area contributed by atoms with E-state index >= 15 is 0 Å². The van der Waals surface area contributed by atoms with E-state index in [1.54, 1.807) is 31.2 Å². The average molecular weight is 413 g/mol. The smallest absolute Gasteiger partial charge is 0.338 e. The predicted octanol–water partition coefficient (Wildman–Crippen LogP) is 1.86. The van der Waals surface area contributed by atoms with Crippen LogP contribution in [0.5, 0.6) is 0 Å². The van der Waals surface area contributed by atoms with Gasteiger partial charge in [0.05, 0.1) is 24.7 Å². The van der Waals surface area contributed by atoms with Gasteiger partial charge in [-0.2, -0.15) is 0 Å². The Labute approximate surface area is 170 Å². The Hall–Kier alpha value is -3.33. The van der Waals surface area contributed by atoms with Gasteiger partial charge in [-0.3, -0.25) is 14.5 Å². The van der Waals surface area contributed by atoms with E-state index in [2.05, 4.69) is 5.32 Å². The van der Waals surface area contributed by atoms with Crippen LogP contribution in [0.3, 0.4) is 0 Å². The first-order chi connectivity index (χ1) is 13.9. The van der Waals surface area contributed by atoms with Gasteiger partial charge in [-0.15, -0.1) is 0 Å². The number of carbonyl (C=O) groups is 4. The first-order valence-corrected chi connectivity index (χ1v) is 9.63. The molecule has 9 heteroatoms. The van der Waals surface area contributed by atoms with Crippen LogP contribution in [0.2, 0.25) is 0 Å². The molecule has 0 unspecified atom stereocenters. The van der Waals surface area contributed by atoms with Crippen molar-refractivity contribution in [1.82, 2.24) is 4.90 Å². The molecule has 0 radical (unpaired) electrons. The van der Waals surface area contributed by atoms with E-state index in [1.165, 1.54) is 24.3 Å². The van der Waals surface area contributed by atoms with Gasteiger partial charge in [0.1, 0.15) is 0 Å². The van der Waals surface area contributed by atoms with Crippen LogP contribution < -0.4 is 10.4 Å². The number of nitrogens with one attached hydrogen (secondary N) is 1. The van der Waals surface area contributed by atoms with Gasteiger partial charge in [0.15, 0.2) is 5.37 Å². The van der Waals surface area contributed by atoms with E-state index in [1.807, 2.05) is 0 Å². The first-order valence-electron chi connectivity index (χ1n) is 8.75. The fraction of sp³-hybridized carbons (Fsp3) is 0.200. The zero-order chi connectivity index (χ0) is 21.0. The maximum absolute atomic E-state index is 12.6. The molecule has 1 atom stereocenters. The molecule has 1 aliphatic heterocycles. The van der Waals surface area contributed by atoms with E-state index in [9.17, 15) is 24.3 Å². The Kier molecular flexibility index (Phi) is 6.18. The second kappa shape index (κ2) is 8.78. The number of esters is 1. The van der Waals surface area contributed by atoms with Crippen molar-refractivity contribution in [3.63, 3.8) is 0 Å². The molecular formula is C20H17N2O6S-. The summed E-state index contributed by atoms with van der Waals surface area (Å²) in [5.74, 6) is -2.13. The lowest BCUT2D eigenvalue weighted by Gasteiger charge is -2.15. The van der Waals surface area contributed by atoms with Crippen molar-refractivity contribution in [2.45, 2.75) is 18.8 Å². The quantitative estimate of drug-likeness (QED) is 0.684. The number of hydrogen-bond acceptors (Lipinski definition) is 8. The lowest BCUT2D eigenvalue weighted by Crippen LogP contribution is -2.34. The molecule has 1 saturated heterocycles. The largest absolute Gasteiger partial charge is 0.545 e. The third kappa shape index (κ3) is 4.75. The monoisotopic (exact) mass is 413 g/mol. The van der Waals surface area contributed by atoms with Crippen molar-refractivity contribution < 1.29 is 29.0 Å². The summed E-state index contributed by atoms with van der Waals surface area (Å²) in [6.45, 7) is 2.07. The molecule has 1 aliphatic rings. The van der Waals surface area contributed by atoms with Gasteiger partial charge in [0, 0.05) is 5.69 Å². The molecule has 1 N–H and O–H groups in total. The summed E-state index contributed by atoms with van der Waals surface area (Å²) in [5.41, 5.74) is 1.61. The molecule has 29 heavy (non-hydrogen) atoms. The number of carboxylic acids is 1. The fourth-order valence-electron chi connectivity index (χ4n) is 2.68. The van der Waals surface area contributed by atoms with Crippen molar-refractivity contribution in [2.24, 2.45) is 0 Å². The zero-order valence-electron chi connectivity index (χ0n) is 15.4. The topological polar surface area (TPSA) is 116 Å². The Bertz CT molecular complexity index is 942. The van der Waals surface area contributed by atoms with Crippen molar-refractivity contribution >= 4 is 40.5 Å². The number of nitrogens with zero attached hydrogens (tertiary/aromatic N) is 1. The second-order valence-corrected chi connectivity index (χ2v) is 7.17. The summed E-state index contributed by atoms with van der Waals surface area (Å²) in [6, 6.07) is 12.2. The molecule has 2 amide bonds. The molecule has 2 aromatic carbocycles. The Balaban J connectivity index is 1.64. The fourth-order valence-corrected chi connectivity index (χ4v) is 3.58. The zero-order valence-corrected chi connectivity index (χ0v) is 16.2. The van der Waals surface area contributed by atoms with Crippen LogP contribution in [-0.4, -0.2) is 40.0 Å². The summed E-state index contributed by atoms with van der Waals surface area (Å²) >= 11 is 0.845. The van der Waals surface area contributed by atoms with Crippen LogP contribution in [-0.2, 0) is 16.1 Å². The van der Waals surface area contributed by atoms with Crippen molar-refractivity contribution in [3.8, 4) is 0 Å². The molecule has 2 aromatic rings. The molecule has 1 fully saturated rings. The highest BCUT2D eigenvalue weighted by Crippen LogP contribution is 2.29. The van der Waals surface area contributed by atoms with Crippen molar-refractivity contribution in [3.05, 3.63) is 65.2 Å². The minimum absolute atomic E-state index is 0.0184. The number of rotatable bonds is 7. The maximum Gasteiger partial charge on any atom is 0.338 e. The van der Waals surface area contributed by atoms with Gasteiger partial charge in [0.2, 0.25) is 0 Å². The SMILES string of the molecule is CCOC(=O)c1ccc(CN2C(=O)S[C@H](Nc3ccc(C(=O)[O-])cc3)C2=O)cc1. The predicted molar refractivity (Wildman–Crippen MR) is 104 cm³/mol. The molecule has 0 bridgehead atoms. The molecule has 8 nitrogen and oxygen atoms in total. The number of carbonyl (C=O) groups excluding carboxylic acids is 4. The third-order valence-electron chi connectivity index (χ3n) is 4.15. The van der Waals surface area contributed by atoms with Crippen molar-refractivity contribution in [1.29, 1.82) is 0 Å². The average Bonchev–Trinajstić information content (AvgIpc) is 2.96. The van der Waals surface area contributed by atoms with Crippen molar-refractivity contribution in [2.75, 3.05) is 11.9 Å². The molecule has 0 saturated carbocycles. The lowest BCUT2D eigenvalue weighted by atomic mass is 10.1. The molecule has 0 spiro atoms. The molecule has 0 aliphatic carbocycles. The number of carboxylic acid groups (broad SMARTS) is 1. The second-order valence-electron chi connectivity index (χ2n) is 6.11. The number of benzene rings is 2. The van der Waals surface area contributed by atoms with Gasteiger partial charge in [-0.25, -0.2) is 4.79 Å². The van der Waals surface area contributed by atoms with Gasteiger partial charge < -0.3 is 20.0 Å². The van der Waals surface area contributed by atoms with Crippen LogP contribution in [0.1, 0.15) is 33.2 Å². The summed E-state index contributed by atoms with van der Waals surface area (Å²) in [5, 5.41) is 12.5. The summed E-state index contributed by atoms with van der Waals surface area (Å²) in [7, 11) is 0. The van der Waals surface area contributed by atoms with Crippen LogP contribution in [0.4, 0.5) is 10.5 Å². The van der Waals surface area contributed by atoms with E-state index in [-0.39, 0.29) is 18.7 Å². The maximum atomic E-state index is 12.6. The Morgan fingerprint density at radius 3 is 2.28 bits per heavy atom. The van der Waals surface area contributed by atoms with Crippen LogP contribution >= 0.6 is 11.8 Å². The minimum Gasteiger partial charge on any atom is -0.545 e. The van der Waals surface area contributed by atoms with E-state index in [0.29, 0.717) is 16.8 Å². The third-order valence-corrected chi connectivity index (χ3v) is 5.13. The number of hydrogen-bond donors (Lipinski definition) is 1. The number of ether oxygens (including phenoxy) is 1. The van der Waals surface area contributed by atoms with Gasteiger partial charge >= 0.3 is 5.97 Å². The lowest BCUT2D eigenvalue weighted by molar-refractivity contribution is -0.255. The number of amides is 2.